The van der Waals surface area contributed by atoms with Gasteiger partial charge in [0.15, 0.2) is 6.29 Å². The van der Waals surface area contributed by atoms with Crippen LogP contribution in [0.4, 0.5) is 0 Å². The van der Waals surface area contributed by atoms with Crippen LogP contribution in [0.15, 0.2) is 59.8 Å². The Balaban J connectivity index is 2.58. The van der Waals surface area contributed by atoms with Crippen LogP contribution in [-0.2, 0) is 4.79 Å². The van der Waals surface area contributed by atoms with E-state index < -0.39 is 12.0 Å². The van der Waals surface area contributed by atoms with Gasteiger partial charge in [0.25, 0.3) is 0 Å². The Morgan fingerprint density at radius 3 is 2.42 bits per heavy atom. The minimum atomic E-state index is -1.08. The molecule has 0 saturated heterocycles. The highest BCUT2D eigenvalue weighted by molar-refractivity contribution is 6.14. The number of hydrogen-bond acceptors (Lipinski definition) is 6. The van der Waals surface area contributed by atoms with Gasteiger partial charge in [-0.2, -0.15) is 0 Å². The van der Waals surface area contributed by atoms with Gasteiger partial charge < -0.3 is 21.3 Å². The standard InChI is InChI=1S/C19H19N3O4/c1-22-18(12-5-2-6-13(8-12)19(25)26)16(15(20)10-23)17(21)11-4-3-7-14(24)9-11/h2-10,18,21-22,24H,20H2,1H3,(H,25,26)/b16-15+,21-17?. The second kappa shape index (κ2) is 8.09. The molecule has 2 aromatic carbocycles. The topological polar surface area (TPSA) is 136 Å². The molecule has 0 aliphatic rings. The van der Waals surface area contributed by atoms with E-state index in [2.05, 4.69) is 5.32 Å². The van der Waals surface area contributed by atoms with E-state index in [1.54, 1.807) is 31.3 Å². The van der Waals surface area contributed by atoms with Gasteiger partial charge in [0.1, 0.15) is 5.75 Å². The molecule has 1 unspecified atom stereocenters. The minimum absolute atomic E-state index is 0.0230. The van der Waals surface area contributed by atoms with E-state index >= 15 is 0 Å². The molecular weight excluding hydrogens is 334 g/mol. The van der Waals surface area contributed by atoms with Gasteiger partial charge in [-0.25, -0.2) is 4.79 Å². The Labute approximate surface area is 150 Å². The maximum Gasteiger partial charge on any atom is 0.335 e. The zero-order chi connectivity index (χ0) is 19.3. The summed E-state index contributed by atoms with van der Waals surface area (Å²) < 4.78 is 0. The van der Waals surface area contributed by atoms with Crippen LogP contribution in [0.1, 0.15) is 27.5 Å². The third kappa shape index (κ3) is 3.96. The zero-order valence-corrected chi connectivity index (χ0v) is 14.1. The molecule has 134 valence electrons. The van der Waals surface area contributed by atoms with Crippen LogP contribution < -0.4 is 11.1 Å². The van der Waals surface area contributed by atoms with E-state index in [-0.39, 0.29) is 28.3 Å². The molecule has 6 N–H and O–H groups in total. The SMILES string of the molecule is CNC(/C(C(=N)c1cccc(O)c1)=C(/N)C=O)c1cccc(C(=O)O)c1. The molecule has 0 aliphatic heterocycles. The molecule has 0 aromatic heterocycles. The average Bonchev–Trinajstić information content (AvgIpc) is 2.65. The number of carbonyl (C=O) groups excluding carboxylic acids is 1. The second-order valence-corrected chi connectivity index (χ2v) is 5.56. The van der Waals surface area contributed by atoms with Gasteiger partial charge in [0.05, 0.1) is 23.0 Å². The summed E-state index contributed by atoms with van der Waals surface area (Å²) in [4.78, 5) is 22.6. The number of benzene rings is 2. The highest BCUT2D eigenvalue weighted by Gasteiger charge is 2.24. The quantitative estimate of drug-likeness (QED) is 0.293. The van der Waals surface area contributed by atoms with Gasteiger partial charge in [0.2, 0.25) is 0 Å². The van der Waals surface area contributed by atoms with E-state index in [9.17, 15) is 19.8 Å². The van der Waals surface area contributed by atoms with Gasteiger partial charge >= 0.3 is 5.97 Å². The van der Waals surface area contributed by atoms with E-state index in [0.717, 1.165) is 0 Å². The highest BCUT2D eigenvalue weighted by Crippen LogP contribution is 2.27. The number of likely N-dealkylation sites (N-methyl/N-ethyl adjacent to an activating group) is 1. The van der Waals surface area contributed by atoms with Crippen LogP contribution in [0.25, 0.3) is 0 Å². The van der Waals surface area contributed by atoms with Crippen LogP contribution in [0.3, 0.4) is 0 Å². The van der Waals surface area contributed by atoms with Crippen molar-refractivity contribution in [3.8, 4) is 5.75 Å². The average molecular weight is 353 g/mol. The first-order valence-corrected chi connectivity index (χ1v) is 7.72. The van der Waals surface area contributed by atoms with E-state index in [0.29, 0.717) is 17.4 Å². The van der Waals surface area contributed by atoms with Crippen molar-refractivity contribution < 1.29 is 19.8 Å². The lowest BCUT2D eigenvalue weighted by Crippen LogP contribution is -2.27. The van der Waals surface area contributed by atoms with Crippen molar-refractivity contribution in [1.29, 1.82) is 5.41 Å². The number of aldehydes is 1. The summed E-state index contributed by atoms with van der Waals surface area (Å²) in [5.41, 5.74) is 6.84. The number of aromatic carboxylic acids is 1. The lowest BCUT2D eigenvalue weighted by Gasteiger charge is -2.23. The summed E-state index contributed by atoms with van der Waals surface area (Å²) in [5, 5.41) is 30.3. The van der Waals surface area contributed by atoms with Crippen LogP contribution in [0.5, 0.6) is 5.75 Å². The molecule has 0 fully saturated rings. The number of carboxylic acid groups (broad SMARTS) is 1. The second-order valence-electron chi connectivity index (χ2n) is 5.56. The molecule has 0 bridgehead atoms. The fraction of sp³-hybridized carbons (Fsp3) is 0.105. The monoisotopic (exact) mass is 353 g/mol. The summed E-state index contributed by atoms with van der Waals surface area (Å²) >= 11 is 0. The predicted octanol–water partition coefficient (Wildman–Crippen LogP) is 1.83. The van der Waals surface area contributed by atoms with Crippen LogP contribution in [-0.4, -0.2) is 35.2 Å². The Kier molecular flexibility index (Phi) is 5.87. The number of phenolic OH excluding ortho intramolecular Hbond substituents is 1. The maximum absolute atomic E-state index is 11.3. The van der Waals surface area contributed by atoms with Crippen molar-refractivity contribution in [3.63, 3.8) is 0 Å². The third-order valence-electron chi connectivity index (χ3n) is 3.89. The first kappa shape index (κ1) is 18.9. The molecule has 0 radical (unpaired) electrons. The molecule has 2 aromatic rings. The number of carboxylic acids is 1. The molecule has 7 heteroatoms. The summed E-state index contributed by atoms with van der Waals surface area (Å²) in [6.07, 6.45) is 0.443. The highest BCUT2D eigenvalue weighted by atomic mass is 16.4. The number of hydrogen-bond donors (Lipinski definition) is 5. The molecule has 0 aliphatic carbocycles. The Morgan fingerprint density at radius 1 is 1.19 bits per heavy atom. The minimum Gasteiger partial charge on any atom is -0.508 e. The summed E-state index contributed by atoms with van der Waals surface area (Å²) in [6, 6.07) is 11.5. The Morgan fingerprint density at radius 2 is 1.85 bits per heavy atom. The van der Waals surface area contributed by atoms with Crippen LogP contribution in [0, 0.1) is 5.41 Å². The normalized spacial score (nSPS) is 12.8. The largest absolute Gasteiger partial charge is 0.508 e. The van der Waals surface area contributed by atoms with Crippen molar-refractivity contribution in [2.75, 3.05) is 7.05 Å². The predicted molar refractivity (Wildman–Crippen MR) is 97.4 cm³/mol. The molecule has 0 saturated carbocycles. The Bertz CT molecular complexity index is 890. The molecular formula is C19H19N3O4. The fourth-order valence-electron chi connectivity index (χ4n) is 2.66. The van der Waals surface area contributed by atoms with Crippen molar-refractivity contribution in [2.45, 2.75) is 6.04 Å². The van der Waals surface area contributed by atoms with E-state index in [1.165, 1.54) is 24.3 Å². The van der Waals surface area contributed by atoms with Gasteiger partial charge in [-0.05, 0) is 36.9 Å². The molecule has 0 spiro atoms. The molecule has 2 rings (SSSR count). The van der Waals surface area contributed by atoms with E-state index in [1.807, 2.05) is 0 Å². The first-order chi connectivity index (χ1) is 12.4. The Hall–Kier alpha value is -3.45. The van der Waals surface area contributed by atoms with Crippen molar-refractivity contribution in [2.24, 2.45) is 5.73 Å². The lowest BCUT2D eigenvalue weighted by molar-refractivity contribution is -0.105. The molecule has 1 atom stereocenters. The van der Waals surface area contributed by atoms with Gasteiger partial charge in [-0.1, -0.05) is 24.3 Å². The van der Waals surface area contributed by atoms with Gasteiger partial charge in [-0.15, -0.1) is 0 Å². The number of aromatic hydroxyl groups is 1. The summed E-state index contributed by atoms with van der Waals surface area (Å²) in [7, 11) is 1.62. The maximum atomic E-state index is 11.3. The first-order valence-electron chi connectivity index (χ1n) is 7.72. The molecule has 0 amide bonds. The summed E-state index contributed by atoms with van der Waals surface area (Å²) in [5.74, 6) is -1.11. The van der Waals surface area contributed by atoms with Gasteiger partial charge in [0, 0.05) is 11.1 Å². The van der Waals surface area contributed by atoms with Crippen LogP contribution in [0.2, 0.25) is 0 Å². The lowest BCUT2D eigenvalue weighted by atomic mass is 9.89. The molecule has 0 heterocycles. The third-order valence-corrected chi connectivity index (χ3v) is 3.89. The number of allylic oxidation sites excluding steroid dienone is 1. The molecule has 26 heavy (non-hydrogen) atoms. The van der Waals surface area contributed by atoms with Crippen molar-refractivity contribution >= 4 is 18.0 Å². The van der Waals surface area contributed by atoms with Crippen molar-refractivity contribution in [3.05, 3.63) is 76.5 Å². The molecule has 7 nitrogen and oxygen atoms in total. The smallest absolute Gasteiger partial charge is 0.335 e. The van der Waals surface area contributed by atoms with E-state index in [4.69, 9.17) is 11.1 Å². The number of phenols is 1. The number of carbonyl (C=O) groups is 2. The number of rotatable bonds is 7. The number of nitrogens with two attached hydrogens (primary N) is 1. The van der Waals surface area contributed by atoms with Crippen molar-refractivity contribution in [1.82, 2.24) is 5.32 Å². The number of nitrogens with one attached hydrogen (secondary N) is 2. The van der Waals surface area contributed by atoms with Gasteiger partial charge in [-0.3, -0.25) is 10.2 Å². The zero-order valence-electron chi connectivity index (χ0n) is 14.1. The van der Waals surface area contributed by atoms with Crippen LogP contribution >= 0.6 is 0 Å². The fourth-order valence-corrected chi connectivity index (χ4v) is 2.66. The summed E-state index contributed by atoms with van der Waals surface area (Å²) in [6.45, 7) is 0.